The van der Waals surface area contributed by atoms with Crippen LogP contribution in [0.25, 0.3) is 0 Å². The van der Waals surface area contributed by atoms with Crippen molar-refractivity contribution in [2.24, 2.45) is 0 Å². The zero-order chi connectivity index (χ0) is 24.9. The fourth-order valence-electron chi connectivity index (χ4n) is 4.16. The van der Waals surface area contributed by atoms with Crippen molar-refractivity contribution < 1.29 is 23.2 Å². The zero-order valence-corrected chi connectivity index (χ0v) is 19.1. The Morgan fingerprint density at radius 1 is 0.971 bits per heavy atom. The molecule has 6 nitrogen and oxygen atoms in total. The number of rotatable bonds is 7. The minimum atomic E-state index is -0.967. The van der Waals surface area contributed by atoms with Gasteiger partial charge >= 0.3 is 0 Å². The number of carbonyl (C=O) groups excluding carboxylic acids is 3. The highest BCUT2D eigenvalue weighted by atomic mass is 19.1. The summed E-state index contributed by atoms with van der Waals surface area (Å²) < 4.78 is 26.8. The topological polar surface area (TPSA) is 78.5 Å². The van der Waals surface area contributed by atoms with Gasteiger partial charge < -0.3 is 15.5 Å². The molecule has 0 aromatic heterocycles. The number of amides is 3. The monoisotopic (exact) mass is 477 g/mol. The van der Waals surface area contributed by atoms with E-state index in [9.17, 15) is 23.2 Å². The van der Waals surface area contributed by atoms with Crippen molar-refractivity contribution >= 4 is 17.7 Å². The predicted molar refractivity (Wildman–Crippen MR) is 126 cm³/mol. The highest BCUT2D eigenvalue weighted by molar-refractivity contribution is 5.93. The molecule has 3 aromatic rings. The van der Waals surface area contributed by atoms with Gasteiger partial charge in [0.15, 0.2) is 0 Å². The van der Waals surface area contributed by atoms with E-state index in [0.29, 0.717) is 18.7 Å². The molecule has 0 radical (unpaired) electrons. The van der Waals surface area contributed by atoms with Crippen LogP contribution in [-0.4, -0.2) is 28.7 Å². The summed E-state index contributed by atoms with van der Waals surface area (Å²) >= 11 is 0. The number of benzene rings is 3. The molecule has 0 aliphatic carbocycles. The van der Waals surface area contributed by atoms with E-state index in [0.717, 1.165) is 29.3 Å². The smallest absolute Gasteiger partial charge is 0.250 e. The largest absolute Gasteiger partial charge is 0.344 e. The number of hydrogen-bond donors (Lipinski definition) is 2. The molecule has 1 heterocycles. The summed E-state index contributed by atoms with van der Waals surface area (Å²) in [4.78, 5) is 40.3. The van der Waals surface area contributed by atoms with E-state index in [2.05, 4.69) is 10.6 Å². The molecule has 1 aliphatic rings. The Morgan fingerprint density at radius 2 is 1.63 bits per heavy atom. The maximum Gasteiger partial charge on any atom is 0.250 e. The third kappa shape index (κ3) is 5.90. The van der Waals surface area contributed by atoms with Crippen LogP contribution in [0, 0.1) is 11.6 Å². The van der Waals surface area contributed by atoms with E-state index in [-0.39, 0.29) is 17.9 Å². The second kappa shape index (κ2) is 10.5. The lowest BCUT2D eigenvalue weighted by Crippen LogP contribution is -2.51. The first-order chi connectivity index (χ1) is 16.8. The molecular formula is C27H25F2N3O3. The number of fused-ring (bicyclic) bond motifs is 1. The minimum Gasteiger partial charge on any atom is -0.344 e. The van der Waals surface area contributed by atoms with Crippen LogP contribution in [0.2, 0.25) is 0 Å². The summed E-state index contributed by atoms with van der Waals surface area (Å²) in [5.74, 6) is -2.92. The molecule has 8 heteroatoms. The average Bonchev–Trinajstić information content (AvgIpc) is 2.81. The maximum absolute atomic E-state index is 13.4. The van der Waals surface area contributed by atoms with Crippen molar-refractivity contribution in [3.05, 3.63) is 107 Å². The standard InChI is InChI=1S/C27H25F2N3O3/c1-17(30-24(33)13-19-11-21(28)14-22(29)12-19)26(34)31-25-23-10-6-5-9-20(23)16-32(27(25)35)15-18-7-3-2-4-8-18/h2-12,14,17,25H,13,15-16H2,1H3,(H,30,33)(H,31,34). The van der Waals surface area contributed by atoms with E-state index in [1.54, 1.807) is 17.0 Å². The summed E-state index contributed by atoms with van der Waals surface area (Å²) in [6, 6.07) is 18.0. The Bertz CT molecular complexity index is 1230. The Morgan fingerprint density at radius 3 is 2.34 bits per heavy atom. The lowest BCUT2D eigenvalue weighted by molar-refractivity contribution is -0.139. The number of nitrogens with one attached hydrogen (secondary N) is 2. The van der Waals surface area contributed by atoms with Crippen LogP contribution in [0.5, 0.6) is 0 Å². The van der Waals surface area contributed by atoms with E-state index in [4.69, 9.17) is 0 Å². The van der Waals surface area contributed by atoms with Gasteiger partial charge in [0.25, 0.3) is 0 Å². The van der Waals surface area contributed by atoms with Gasteiger partial charge in [-0.25, -0.2) is 8.78 Å². The first kappa shape index (κ1) is 24.1. The number of carbonyl (C=O) groups is 3. The van der Waals surface area contributed by atoms with Crippen molar-refractivity contribution in [2.75, 3.05) is 0 Å². The van der Waals surface area contributed by atoms with Crippen LogP contribution in [0.15, 0.2) is 72.8 Å². The molecule has 3 aromatic carbocycles. The average molecular weight is 478 g/mol. The van der Waals surface area contributed by atoms with E-state index in [1.807, 2.05) is 42.5 Å². The third-order valence-corrected chi connectivity index (χ3v) is 5.85. The van der Waals surface area contributed by atoms with E-state index >= 15 is 0 Å². The Hall–Kier alpha value is -4.07. The molecule has 2 N–H and O–H groups in total. The number of hydrogen-bond acceptors (Lipinski definition) is 3. The molecule has 4 rings (SSSR count). The SMILES string of the molecule is CC(NC(=O)Cc1cc(F)cc(F)c1)C(=O)NC1C(=O)N(Cc2ccccc2)Cc2ccccc21. The molecular weight excluding hydrogens is 452 g/mol. The summed E-state index contributed by atoms with van der Waals surface area (Å²) in [6.45, 7) is 2.31. The number of nitrogens with zero attached hydrogens (tertiary/aromatic N) is 1. The molecule has 0 bridgehead atoms. The minimum absolute atomic E-state index is 0.153. The normalized spacial score (nSPS) is 15.8. The van der Waals surface area contributed by atoms with Crippen LogP contribution < -0.4 is 10.6 Å². The first-order valence-electron chi connectivity index (χ1n) is 11.3. The van der Waals surface area contributed by atoms with Crippen molar-refractivity contribution in [3.8, 4) is 0 Å². The van der Waals surface area contributed by atoms with E-state index in [1.165, 1.54) is 6.92 Å². The van der Waals surface area contributed by atoms with E-state index < -0.39 is 35.5 Å². The Labute approximate surface area is 201 Å². The third-order valence-electron chi connectivity index (χ3n) is 5.85. The van der Waals surface area contributed by atoms with Crippen LogP contribution in [0.3, 0.4) is 0 Å². The van der Waals surface area contributed by atoms with Crippen LogP contribution >= 0.6 is 0 Å². The lowest BCUT2D eigenvalue weighted by Gasteiger charge is -2.35. The van der Waals surface area contributed by atoms with Gasteiger partial charge in [-0.3, -0.25) is 14.4 Å². The maximum atomic E-state index is 13.4. The molecule has 0 spiro atoms. The molecule has 3 amide bonds. The highest BCUT2D eigenvalue weighted by Gasteiger charge is 2.35. The van der Waals surface area contributed by atoms with Gasteiger partial charge in [0.05, 0.1) is 6.42 Å². The second-order valence-electron chi connectivity index (χ2n) is 8.56. The molecule has 35 heavy (non-hydrogen) atoms. The highest BCUT2D eigenvalue weighted by Crippen LogP contribution is 2.29. The molecule has 0 saturated carbocycles. The van der Waals surface area contributed by atoms with Crippen LogP contribution in [0.4, 0.5) is 8.78 Å². The summed E-state index contributed by atoms with van der Waals surface area (Å²) in [6.07, 6.45) is -0.289. The molecule has 180 valence electrons. The van der Waals surface area contributed by atoms with Crippen molar-refractivity contribution in [1.82, 2.24) is 15.5 Å². The Kier molecular flexibility index (Phi) is 7.19. The molecule has 0 fully saturated rings. The second-order valence-corrected chi connectivity index (χ2v) is 8.56. The summed E-state index contributed by atoms with van der Waals surface area (Å²) in [5.41, 5.74) is 2.77. The zero-order valence-electron chi connectivity index (χ0n) is 19.1. The quantitative estimate of drug-likeness (QED) is 0.548. The van der Waals surface area contributed by atoms with Crippen molar-refractivity contribution in [1.29, 1.82) is 0 Å². The van der Waals surface area contributed by atoms with Crippen molar-refractivity contribution in [3.63, 3.8) is 0 Å². The van der Waals surface area contributed by atoms with Crippen LogP contribution in [0.1, 0.15) is 35.2 Å². The number of halogens is 2. The first-order valence-corrected chi connectivity index (χ1v) is 11.3. The van der Waals surface area contributed by atoms with Gasteiger partial charge in [0.2, 0.25) is 17.7 Å². The van der Waals surface area contributed by atoms with Gasteiger partial charge in [0.1, 0.15) is 23.7 Å². The van der Waals surface area contributed by atoms with Gasteiger partial charge in [0, 0.05) is 19.2 Å². The molecule has 2 unspecified atom stereocenters. The summed E-state index contributed by atoms with van der Waals surface area (Å²) in [7, 11) is 0. The fraction of sp³-hybridized carbons (Fsp3) is 0.222. The lowest BCUT2D eigenvalue weighted by atomic mass is 9.94. The fourth-order valence-corrected chi connectivity index (χ4v) is 4.16. The van der Waals surface area contributed by atoms with Crippen molar-refractivity contribution in [2.45, 2.75) is 38.5 Å². The van der Waals surface area contributed by atoms with Gasteiger partial charge in [-0.1, -0.05) is 54.6 Å². The predicted octanol–water partition coefficient (Wildman–Crippen LogP) is 3.41. The van der Waals surface area contributed by atoms with Crippen LogP contribution in [-0.2, 0) is 33.9 Å². The molecule has 0 saturated heterocycles. The van der Waals surface area contributed by atoms with Gasteiger partial charge in [-0.05, 0) is 41.3 Å². The molecule has 2 atom stereocenters. The Balaban J connectivity index is 1.44. The van der Waals surface area contributed by atoms with Gasteiger partial charge in [-0.2, -0.15) is 0 Å². The summed E-state index contributed by atoms with van der Waals surface area (Å²) in [5, 5.41) is 5.29. The molecule has 1 aliphatic heterocycles. The van der Waals surface area contributed by atoms with Gasteiger partial charge in [-0.15, -0.1) is 0 Å².